The summed E-state index contributed by atoms with van der Waals surface area (Å²) in [7, 11) is 0. The zero-order valence-corrected chi connectivity index (χ0v) is 30.2. The maximum absolute atomic E-state index is 14.0. The van der Waals surface area contributed by atoms with Gasteiger partial charge in [-0.25, -0.2) is 9.48 Å². The van der Waals surface area contributed by atoms with Crippen molar-refractivity contribution in [3.05, 3.63) is 38.9 Å². The smallest absolute Gasteiger partial charge is 0.352 e. The topological polar surface area (TPSA) is 231 Å². The molecule has 0 unspecified atom stereocenters. The number of carbonyl (C=O) groups excluding carboxylic acids is 4. The highest BCUT2D eigenvalue weighted by molar-refractivity contribution is 8.02. The summed E-state index contributed by atoms with van der Waals surface area (Å²) in [5, 5.41) is 42.9. The van der Waals surface area contributed by atoms with Crippen LogP contribution in [0.15, 0.2) is 37.5 Å². The first-order chi connectivity index (χ1) is 23.6. The van der Waals surface area contributed by atoms with E-state index in [9.17, 15) is 29.1 Å². The Bertz CT molecular complexity index is 1910. The second-order valence-corrected chi connectivity index (χ2v) is 17.8. The van der Waals surface area contributed by atoms with Crippen LogP contribution in [-0.4, -0.2) is 131 Å². The molecular weight excluding hydrogens is 757 g/mol. The monoisotopic (exact) mass is 780 g/mol. The maximum Gasteiger partial charge on any atom is 0.352 e. The van der Waals surface area contributed by atoms with E-state index < -0.39 is 52.4 Å². The number of rotatable bonds is 12. The van der Waals surface area contributed by atoms with Gasteiger partial charge in [-0.15, -0.1) is 49.0 Å². The van der Waals surface area contributed by atoms with Gasteiger partial charge in [0.25, 0.3) is 17.7 Å². The van der Waals surface area contributed by atoms with Crippen LogP contribution >= 0.6 is 69.7 Å². The number of β-lactam (4-membered cyclic amide) rings is 2. The van der Waals surface area contributed by atoms with Crippen LogP contribution in [0.5, 0.6) is 0 Å². The maximum atomic E-state index is 14.0. The molecule has 18 nitrogen and oxygen atoms in total. The molecule has 0 aliphatic carbocycles. The number of carboxylic acids is 1. The number of hydrogen-bond acceptors (Lipinski definition) is 18. The van der Waals surface area contributed by atoms with Crippen molar-refractivity contribution in [2.45, 2.75) is 51.9 Å². The SMILES string of the molecule is Cc1nnc(SCC2=C(C(=O)O)N3C(=O)[C@@H](NC(=O)C4=C(CSc5nnc(C)s5)CS[C@H]5[C@@H](NC(=O)Cn6cnnn6)C(=O)N45)[C@H]3SC2)s1. The summed E-state index contributed by atoms with van der Waals surface area (Å²) >= 11 is 8.31. The summed E-state index contributed by atoms with van der Waals surface area (Å²) < 4.78 is 2.62. The van der Waals surface area contributed by atoms with Crippen molar-refractivity contribution in [2.24, 2.45) is 0 Å². The summed E-state index contributed by atoms with van der Waals surface area (Å²) in [6, 6.07) is -1.88. The van der Waals surface area contributed by atoms with E-state index in [2.05, 4.69) is 46.6 Å². The van der Waals surface area contributed by atoms with Crippen molar-refractivity contribution >= 4 is 99.3 Å². The van der Waals surface area contributed by atoms with Crippen LogP contribution in [0.4, 0.5) is 0 Å². The first kappa shape index (κ1) is 33.9. The van der Waals surface area contributed by atoms with Gasteiger partial charge in [-0.05, 0) is 35.4 Å². The lowest BCUT2D eigenvalue weighted by Crippen LogP contribution is -2.73. The molecule has 24 heteroatoms. The predicted octanol–water partition coefficient (Wildman–Crippen LogP) is -0.0299. The van der Waals surface area contributed by atoms with Crippen LogP contribution in [0, 0.1) is 13.8 Å². The Morgan fingerprint density at radius 3 is 1.92 bits per heavy atom. The second-order valence-electron chi connectivity index (χ2n) is 10.8. The Hall–Kier alpha value is -3.58. The van der Waals surface area contributed by atoms with Gasteiger partial charge in [0, 0.05) is 23.0 Å². The number of thioether (sulfide) groups is 4. The lowest BCUT2D eigenvalue weighted by molar-refractivity contribution is -0.151. The van der Waals surface area contributed by atoms with Gasteiger partial charge < -0.3 is 15.7 Å². The quantitative estimate of drug-likeness (QED) is 0.162. The Morgan fingerprint density at radius 1 is 0.857 bits per heavy atom. The van der Waals surface area contributed by atoms with Crippen LogP contribution in [0.25, 0.3) is 0 Å². The van der Waals surface area contributed by atoms with E-state index in [1.807, 2.05) is 13.8 Å². The average molecular weight is 781 g/mol. The standard InChI is InChI=1S/C25H24N12O6S6/c1-9-29-31-24(48-9)46-6-11-4-44-21-14(27-13(38)3-35-8-26-33-34-35)19(40)36(21)16(11)18(39)28-15-20(41)37-17(23(42)43)12(5-45-22(15)37)7-47-25-32-30-10(2)49-25/h8,14-15,21-22H,3-7H2,1-2H3,(H,27,38)(H,28,39)(H,42,43)/t14-,15+,21-,22+/m0/s1. The molecule has 0 spiro atoms. The Morgan fingerprint density at radius 2 is 1.41 bits per heavy atom. The zero-order chi connectivity index (χ0) is 34.4. The number of fused-ring (bicyclic) bond motifs is 2. The van der Waals surface area contributed by atoms with E-state index in [4.69, 9.17) is 0 Å². The number of carbonyl (C=O) groups is 5. The number of nitrogens with zero attached hydrogens (tertiary/aromatic N) is 10. The molecule has 2 saturated heterocycles. The van der Waals surface area contributed by atoms with E-state index >= 15 is 0 Å². The van der Waals surface area contributed by atoms with Crippen LogP contribution in [0.1, 0.15) is 10.0 Å². The van der Waals surface area contributed by atoms with Gasteiger partial charge in [-0.1, -0.05) is 46.2 Å². The molecule has 3 aromatic rings. The van der Waals surface area contributed by atoms with Crippen LogP contribution in [-0.2, 0) is 30.5 Å². The molecule has 49 heavy (non-hydrogen) atoms. The zero-order valence-electron chi connectivity index (χ0n) is 25.3. The van der Waals surface area contributed by atoms with Crippen molar-refractivity contribution in [2.75, 3.05) is 23.0 Å². The van der Waals surface area contributed by atoms with Gasteiger partial charge in [0.1, 0.15) is 57.1 Å². The number of amides is 4. The highest BCUT2D eigenvalue weighted by atomic mass is 32.2. The summed E-state index contributed by atoms with van der Waals surface area (Å²) in [4.78, 5) is 68.6. The van der Waals surface area contributed by atoms with E-state index in [1.54, 1.807) is 0 Å². The van der Waals surface area contributed by atoms with Crippen LogP contribution in [0.2, 0.25) is 0 Å². The third kappa shape index (κ3) is 6.68. The summed E-state index contributed by atoms with van der Waals surface area (Å²) in [5.41, 5.74) is 1.24. The number of carboxylic acid groups (broad SMARTS) is 1. The first-order valence-electron chi connectivity index (χ1n) is 14.3. The number of tetrazole rings is 1. The van der Waals surface area contributed by atoms with E-state index in [0.717, 1.165) is 10.0 Å². The summed E-state index contributed by atoms with van der Waals surface area (Å²) in [5.74, 6) is -1.98. The number of nitrogens with one attached hydrogen (secondary N) is 2. The highest BCUT2D eigenvalue weighted by Crippen LogP contribution is 2.44. The number of aliphatic carboxylic acids is 1. The summed E-state index contributed by atoms with van der Waals surface area (Å²) in [6.45, 7) is 3.48. The second kappa shape index (κ2) is 14.0. The molecule has 7 rings (SSSR count). The molecule has 4 atom stereocenters. The van der Waals surface area contributed by atoms with Crippen molar-refractivity contribution < 1.29 is 29.1 Å². The fourth-order valence-electron chi connectivity index (χ4n) is 5.40. The third-order valence-corrected chi connectivity index (χ3v) is 14.4. The van der Waals surface area contributed by atoms with Gasteiger partial charge in [-0.3, -0.25) is 29.0 Å². The molecule has 4 aliphatic rings. The minimum absolute atomic E-state index is 0.0936. The largest absolute Gasteiger partial charge is 0.477 e. The van der Waals surface area contributed by atoms with E-state index in [0.29, 0.717) is 42.8 Å². The van der Waals surface area contributed by atoms with E-state index in [-0.39, 0.29) is 17.9 Å². The third-order valence-electron chi connectivity index (χ3n) is 7.57. The van der Waals surface area contributed by atoms with Crippen LogP contribution < -0.4 is 10.6 Å². The van der Waals surface area contributed by atoms with E-state index in [1.165, 1.54) is 90.5 Å². The highest BCUT2D eigenvalue weighted by Gasteiger charge is 2.57. The predicted molar refractivity (Wildman–Crippen MR) is 180 cm³/mol. The Balaban J connectivity index is 1.08. The molecule has 4 amide bonds. The van der Waals surface area contributed by atoms with Crippen LogP contribution in [0.3, 0.4) is 0 Å². The average Bonchev–Trinajstić information content (AvgIpc) is 3.85. The number of aromatic nitrogens is 8. The number of aryl methyl sites for hydroxylation is 2. The minimum atomic E-state index is -1.23. The molecule has 3 N–H and O–H groups in total. The first-order valence-corrected chi connectivity index (χ1v) is 20.0. The normalized spacial score (nSPS) is 23.1. The van der Waals surface area contributed by atoms with Crippen molar-refractivity contribution in [1.82, 2.24) is 61.0 Å². The fraction of sp³-hybridized carbons (Fsp3) is 0.440. The van der Waals surface area contributed by atoms with Gasteiger partial charge in [0.2, 0.25) is 5.91 Å². The van der Waals surface area contributed by atoms with Crippen molar-refractivity contribution in [3.8, 4) is 0 Å². The molecule has 0 radical (unpaired) electrons. The lowest BCUT2D eigenvalue weighted by atomic mass is 10.0. The lowest BCUT2D eigenvalue weighted by Gasteiger charge is -2.52. The Kier molecular flexibility index (Phi) is 9.66. The molecule has 3 aromatic heterocycles. The van der Waals surface area contributed by atoms with Crippen molar-refractivity contribution in [3.63, 3.8) is 0 Å². The van der Waals surface area contributed by atoms with Gasteiger partial charge in [-0.2, -0.15) is 0 Å². The molecule has 0 bridgehead atoms. The van der Waals surface area contributed by atoms with Gasteiger partial charge in [0.05, 0.1) is 0 Å². The molecule has 0 saturated carbocycles. The van der Waals surface area contributed by atoms with Gasteiger partial charge in [0.15, 0.2) is 8.68 Å². The Labute approximate surface area is 301 Å². The molecule has 2 fully saturated rings. The molecule has 0 aromatic carbocycles. The number of hydrogen-bond donors (Lipinski definition) is 3. The van der Waals surface area contributed by atoms with Crippen molar-refractivity contribution in [1.29, 1.82) is 0 Å². The molecule has 4 aliphatic heterocycles. The molecule has 256 valence electrons. The van der Waals surface area contributed by atoms with Gasteiger partial charge >= 0.3 is 5.97 Å². The molecular formula is C25H24N12O6S6. The molecule has 7 heterocycles. The minimum Gasteiger partial charge on any atom is -0.477 e. The summed E-state index contributed by atoms with van der Waals surface area (Å²) in [6.07, 6.45) is 1.28. The fourth-order valence-corrected chi connectivity index (χ4v) is 12.0.